The fraction of sp³-hybridized carbons (Fsp3) is 0.125. The summed E-state index contributed by atoms with van der Waals surface area (Å²) in [7, 11) is 0. The quantitative estimate of drug-likeness (QED) is 0.644. The lowest BCUT2D eigenvalue weighted by molar-refractivity contribution is -0.138. The first-order valence-electron chi connectivity index (χ1n) is 7.37. The van der Waals surface area contributed by atoms with E-state index < -0.39 is 35.0 Å². The molecule has 8 nitrogen and oxygen atoms in total. The van der Waals surface area contributed by atoms with Crippen LogP contribution in [0.4, 0.5) is 8.78 Å². The van der Waals surface area contributed by atoms with Crippen molar-refractivity contribution in [2.75, 3.05) is 0 Å². The van der Waals surface area contributed by atoms with Crippen molar-refractivity contribution < 1.29 is 23.5 Å². The maximum Gasteiger partial charge on any atom is 0.325 e. The Hall–Kier alpha value is -3.56. The van der Waals surface area contributed by atoms with Crippen LogP contribution >= 0.6 is 0 Å². The molecule has 134 valence electrons. The second-order valence-corrected chi connectivity index (χ2v) is 5.51. The van der Waals surface area contributed by atoms with E-state index in [1.165, 1.54) is 17.8 Å². The van der Waals surface area contributed by atoms with Gasteiger partial charge in [0, 0.05) is 17.7 Å². The van der Waals surface area contributed by atoms with Crippen LogP contribution in [0.15, 0.2) is 35.4 Å². The molecule has 0 fully saturated rings. The number of aliphatic carboxylic acids is 1. The first-order valence-corrected chi connectivity index (χ1v) is 7.37. The van der Waals surface area contributed by atoms with Crippen LogP contribution in [0.2, 0.25) is 0 Å². The minimum atomic E-state index is -1.27. The van der Waals surface area contributed by atoms with Gasteiger partial charge in [0.05, 0.1) is 5.69 Å². The zero-order valence-electron chi connectivity index (χ0n) is 13.3. The molecule has 0 aliphatic rings. The fourth-order valence-corrected chi connectivity index (χ4v) is 2.46. The lowest BCUT2D eigenvalue weighted by Gasteiger charge is -2.11. The van der Waals surface area contributed by atoms with Crippen LogP contribution in [0.25, 0.3) is 16.9 Å². The number of fused-ring (bicyclic) bond motifs is 1. The number of H-pyrrole nitrogens is 1. The van der Waals surface area contributed by atoms with Gasteiger partial charge in [-0.3, -0.25) is 19.5 Å². The van der Waals surface area contributed by atoms with Crippen LogP contribution in [0.5, 0.6) is 0 Å². The largest absolute Gasteiger partial charge is 0.480 e. The number of nitrogens with zero attached hydrogens (tertiary/aromatic N) is 2. The van der Waals surface area contributed by atoms with Crippen LogP contribution < -0.4 is 10.7 Å². The minimum Gasteiger partial charge on any atom is -0.480 e. The predicted molar refractivity (Wildman–Crippen MR) is 85.7 cm³/mol. The molecule has 2 aromatic heterocycles. The number of halogens is 2. The van der Waals surface area contributed by atoms with Gasteiger partial charge in [-0.25, -0.2) is 18.3 Å². The molecule has 0 aliphatic carbocycles. The van der Waals surface area contributed by atoms with E-state index in [2.05, 4.69) is 15.4 Å². The molecule has 0 bridgehead atoms. The van der Waals surface area contributed by atoms with E-state index in [0.29, 0.717) is 6.07 Å². The van der Waals surface area contributed by atoms with E-state index >= 15 is 0 Å². The van der Waals surface area contributed by atoms with Gasteiger partial charge < -0.3 is 10.4 Å². The summed E-state index contributed by atoms with van der Waals surface area (Å²) in [6, 6.07) is 2.53. The summed E-state index contributed by atoms with van der Waals surface area (Å²) < 4.78 is 28.2. The number of nitrogens with one attached hydrogen (secondary N) is 2. The molecule has 10 heteroatoms. The van der Waals surface area contributed by atoms with Gasteiger partial charge in [-0.2, -0.15) is 0 Å². The molecule has 0 unspecified atom stereocenters. The number of hydrogen-bond acceptors (Lipinski definition) is 4. The van der Waals surface area contributed by atoms with E-state index in [1.54, 1.807) is 0 Å². The first kappa shape index (κ1) is 17.3. The molecule has 0 aliphatic heterocycles. The van der Waals surface area contributed by atoms with Crippen molar-refractivity contribution in [1.82, 2.24) is 19.9 Å². The zero-order chi connectivity index (χ0) is 19.0. The summed E-state index contributed by atoms with van der Waals surface area (Å²) in [5.74, 6) is -3.87. The van der Waals surface area contributed by atoms with E-state index in [0.717, 1.165) is 18.2 Å². The third kappa shape index (κ3) is 3.04. The molecule has 0 saturated carbocycles. The molecule has 1 atom stereocenters. The van der Waals surface area contributed by atoms with Crippen molar-refractivity contribution in [2.24, 2.45) is 0 Å². The lowest BCUT2D eigenvalue weighted by Crippen LogP contribution is -2.40. The Morgan fingerprint density at radius 1 is 1.23 bits per heavy atom. The average Bonchev–Trinajstić information content (AvgIpc) is 3.01. The number of aromatic amines is 1. The van der Waals surface area contributed by atoms with Crippen LogP contribution in [0.1, 0.15) is 17.3 Å². The lowest BCUT2D eigenvalue weighted by atomic mass is 10.1. The van der Waals surface area contributed by atoms with Gasteiger partial charge in [0.25, 0.3) is 5.91 Å². The molecule has 3 rings (SSSR count). The summed E-state index contributed by atoms with van der Waals surface area (Å²) in [4.78, 5) is 39.5. The number of pyridine rings is 1. The Bertz CT molecular complexity index is 1070. The van der Waals surface area contributed by atoms with E-state index in [4.69, 9.17) is 5.11 Å². The van der Waals surface area contributed by atoms with Crippen LogP contribution in [0.3, 0.4) is 0 Å². The third-order valence-electron chi connectivity index (χ3n) is 3.67. The number of rotatable bonds is 4. The standard InChI is InChI=1S/C16H12F2N4O4/c1-7(16(25)26)21-15(24)13-12(23)5-11(22-14(13)19-6-20-22)8-2-9(17)4-10(18)3-8/h2-7H,1H3,(H,19,20)(H,21,24)(H,25,26)/t7-/m0/s1. The molecular weight excluding hydrogens is 350 g/mol. The predicted octanol–water partition coefficient (Wildman–Crippen LogP) is 1.17. The Morgan fingerprint density at radius 3 is 2.50 bits per heavy atom. The second-order valence-electron chi connectivity index (χ2n) is 5.51. The summed E-state index contributed by atoms with van der Waals surface area (Å²) in [6.45, 7) is 1.24. The number of carbonyl (C=O) groups is 2. The maximum absolute atomic E-state index is 13.5. The summed E-state index contributed by atoms with van der Waals surface area (Å²) in [5.41, 5.74) is -1.12. The van der Waals surface area contributed by atoms with Crippen LogP contribution in [-0.2, 0) is 4.79 Å². The summed E-state index contributed by atoms with van der Waals surface area (Å²) >= 11 is 0. The van der Waals surface area contributed by atoms with Gasteiger partial charge in [0.15, 0.2) is 11.1 Å². The maximum atomic E-state index is 13.5. The van der Waals surface area contributed by atoms with Gasteiger partial charge >= 0.3 is 5.97 Å². The molecule has 0 radical (unpaired) electrons. The van der Waals surface area contributed by atoms with Gasteiger partial charge in [-0.15, -0.1) is 0 Å². The SMILES string of the molecule is C[C@H](NC(=O)c1c(=O)cc(-c2cc(F)cc(F)c2)n2[nH]cnc12)C(=O)O. The molecular formula is C16H12F2N4O4. The van der Waals surface area contributed by atoms with Gasteiger partial charge in [-0.1, -0.05) is 0 Å². The summed E-state index contributed by atoms with van der Waals surface area (Å²) in [5, 5.41) is 13.7. The molecule has 3 N–H and O–H groups in total. The molecule has 2 heterocycles. The van der Waals surface area contributed by atoms with Crippen molar-refractivity contribution >= 4 is 17.5 Å². The number of carbonyl (C=O) groups excluding carboxylic acids is 1. The average molecular weight is 362 g/mol. The Morgan fingerprint density at radius 2 is 1.88 bits per heavy atom. The van der Waals surface area contributed by atoms with E-state index in [9.17, 15) is 23.2 Å². The highest BCUT2D eigenvalue weighted by Gasteiger charge is 2.23. The number of amides is 1. The van der Waals surface area contributed by atoms with E-state index in [1.807, 2.05) is 0 Å². The van der Waals surface area contributed by atoms with Crippen molar-refractivity contribution in [3.63, 3.8) is 0 Å². The zero-order valence-corrected chi connectivity index (χ0v) is 13.3. The Kier molecular flexibility index (Phi) is 4.24. The molecule has 1 aromatic carbocycles. The summed E-state index contributed by atoms with van der Waals surface area (Å²) in [6.07, 6.45) is 1.19. The van der Waals surface area contributed by atoms with Crippen molar-refractivity contribution in [3.05, 3.63) is 58.0 Å². The highest BCUT2D eigenvalue weighted by atomic mass is 19.1. The molecule has 0 spiro atoms. The van der Waals surface area contributed by atoms with Crippen LogP contribution in [-0.4, -0.2) is 37.6 Å². The normalized spacial score (nSPS) is 12.1. The minimum absolute atomic E-state index is 0.0599. The van der Waals surface area contributed by atoms with Gasteiger partial charge in [-0.05, 0) is 19.1 Å². The van der Waals surface area contributed by atoms with Crippen molar-refractivity contribution in [1.29, 1.82) is 0 Å². The van der Waals surface area contributed by atoms with E-state index in [-0.39, 0.29) is 22.5 Å². The Balaban J connectivity index is 2.17. The molecule has 1 amide bonds. The highest BCUT2D eigenvalue weighted by molar-refractivity contribution is 6.01. The van der Waals surface area contributed by atoms with Crippen molar-refractivity contribution in [2.45, 2.75) is 13.0 Å². The first-order chi connectivity index (χ1) is 12.3. The number of carboxylic acid groups (broad SMARTS) is 1. The molecule has 0 saturated heterocycles. The monoisotopic (exact) mass is 362 g/mol. The molecule has 3 aromatic rings. The third-order valence-corrected chi connectivity index (χ3v) is 3.67. The van der Waals surface area contributed by atoms with Gasteiger partial charge in [0.2, 0.25) is 0 Å². The van der Waals surface area contributed by atoms with Gasteiger partial charge in [0.1, 0.15) is 29.6 Å². The van der Waals surface area contributed by atoms with Crippen LogP contribution in [0, 0.1) is 11.6 Å². The topological polar surface area (TPSA) is 117 Å². The number of hydrogen-bond donors (Lipinski definition) is 3. The smallest absolute Gasteiger partial charge is 0.325 e. The fourth-order valence-electron chi connectivity index (χ4n) is 2.46. The second kappa shape index (κ2) is 6.39. The number of benzene rings is 1. The number of carboxylic acids is 1. The highest BCUT2D eigenvalue weighted by Crippen LogP contribution is 2.22. The number of aromatic nitrogens is 3. The Labute approximate surface area is 144 Å². The van der Waals surface area contributed by atoms with Crippen molar-refractivity contribution in [3.8, 4) is 11.3 Å². The molecule has 26 heavy (non-hydrogen) atoms.